The maximum absolute atomic E-state index is 11.7. The minimum atomic E-state index is -1.42. The molecule has 0 aliphatic carbocycles. The number of aliphatic hydroxyl groups excluding tert-OH is 3. The number of carbonyl (C=O) groups excluding carboxylic acids is 2. The quantitative estimate of drug-likeness (QED) is 0.181. The molecule has 0 saturated heterocycles. The monoisotopic (exact) mass is 442 g/mol. The van der Waals surface area contributed by atoms with Gasteiger partial charge in [-0.3, -0.25) is 4.79 Å². The van der Waals surface area contributed by atoms with Crippen LogP contribution in [0.25, 0.3) is 0 Å². The minimum absolute atomic E-state index is 0.266. The second-order valence-electron chi connectivity index (χ2n) is 8.51. The largest absolute Gasteiger partial charge is 0.505 e. The lowest BCUT2D eigenvalue weighted by molar-refractivity contribution is -0.154. The summed E-state index contributed by atoms with van der Waals surface area (Å²) in [6.07, 6.45) is 16.2. The van der Waals surface area contributed by atoms with E-state index in [1.807, 2.05) is 0 Å². The maximum Gasteiger partial charge on any atom is 0.377 e. The molecule has 0 aromatic heterocycles. The Morgan fingerprint density at radius 3 is 1.74 bits per heavy atom. The van der Waals surface area contributed by atoms with Gasteiger partial charge in [0.05, 0.1) is 0 Å². The van der Waals surface area contributed by atoms with E-state index in [-0.39, 0.29) is 6.42 Å². The molecule has 0 spiro atoms. The number of carbonyl (C=O) groups is 2. The molecule has 1 aliphatic heterocycles. The van der Waals surface area contributed by atoms with Crippen molar-refractivity contribution < 1.29 is 34.4 Å². The highest BCUT2D eigenvalue weighted by atomic mass is 16.6. The van der Waals surface area contributed by atoms with E-state index in [4.69, 9.17) is 4.74 Å². The van der Waals surface area contributed by atoms with Crippen molar-refractivity contribution >= 4 is 11.9 Å². The van der Waals surface area contributed by atoms with E-state index in [1.165, 1.54) is 77.0 Å². The van der Waals surface area contributed by atoms with E-state index < -0.39 is 42.3 Å². The zero-order chi connectivity index (χ0) is 22.9. The van der Waals surface area contributed by atoms with Crippen LogP contribution in [0.5, 0.6) is 0 Å². The van der Waals surface area contributed by atoms with Crippen LogP contribution in [0.3, 0.4) is 0 Å². The van der Waals surface area contributed by atoms with E-state index in [0.29, 0.717) is 0 Å². The van der Waals surface area contributed by atoms with Crippen LogP contribution in [0.1, 0.15) is 110 Å². The summed E-state index contributed by atoms with van der Waals surface area (Å²) in [7, 11) is 0. The van der Waals surface area contributed by atoms with Crippen LogP contribution in [0.2, 0.25) is 0 Å². The van der Waals surface area contributed by atoms with Gasteiger partial charge in [-0.05, 0) is 6.42 Å². The molecule has 0 amide bonds. The highest BCUT2D eigenvalue weighted by Crippen LogP contribution is 2.21. The molecule has 2 atom stereocenters. The van der Waals surface area contributed by atoms with Gasteiger partial charge in [0.2, 0.25) is 5.76 Å². The van der Waals surface area contributed by atoms with Gasteiger partial charge in [0.15, 0.2) is 11.9 Å². The molecule has 0 aromatic carbocycles. The molecule has 1 heterocycles. The maximum atomic E-state index is 11.7. The van der Waals surface area contributed by atoms with Crippen molar-refractivity contribution in [2.75, 3.05) is 6.61 Å². The highest BCUT2D eigenvalue weighted by molar-refractivity contribution is 5.89. The zero-order valence-corrected chi connectivity index (χ0v) is 19.2. The van der Waals surface area contributed by atoms with E-state index in [9.17, 15) is 24.9 Å². The number of rotatable bonds is 19. The standard InChI is InChI=1S/C24H42O7/c1-2-3-4-5-6-7-8-9-10-11-12-13-14-15-16-17-20(26)30-18-19(25)23-21(27)22(28)24(29)31-23/h19,23,25,27-28H,2-18H2,1H3/t19-,23?/m0/s1. The van der Waals surface area contributed by atoms with Crippen molar-refractivity contribution in [3.05, 3.63) is 11.5 Å². The third-order valence-electron chi connectivity index (χ3n) is 5.69. The molecule has 0 fully saturated rings. The second-order valence-corrected chi connectivity index (χ2v) is 8.51. The summed E-state index contributed by atoms with van der Waals surface area (Å²) < 4.78 is 9.57. The van der Waals surface area contributed by atoms with Gasteiger partial charge >= 0.3 is 11.9 Å². The van der Waals surface area contributed by atoms with Crippen LogP contribution in [-0.4, -0.2) is 46.1 Å². The fourth-order valence-electron chi connectivity index (χ4n) is 3.71. The predicted octanol–water partition coefficient (Wildman–Crippen LogP) is 5.41. The van der Waals surface area contributed by atoms with Gasteiger partial charge < -0.3 is 24.8 Å². The fraction of sp³-hybridized carbons (Fsp3) is 0.833. The number of cyclic esters (lactones) is 1. The summed E-state index contributed by atoms with van der Waals surface area (Å²) >= 11 is 0. The topological polar surface area (TPSA) is 113 Å². The van der Waals surface area contributed by atoms with Gasteiger partial charge in [-0.1, -0.05) is 96.8 Å². The van der Waals surface area contributed by atoms with Crippen molar-refractivity contribution in [3.8, 4) is 0 Å². The van der Waals surface area contributed by atoms with Crippen molar-refractivity contribution in [2.24, 2.45) is 0 Å². The molecule has 0 bridgehead atoms. The second kappa shape index (κ2) is 16.9. The zero-order valence-electron chi connectivity index (χ0n) is 19.2. The van der Waals surface area contributed by atoms with Gasteiger partial charge in [-0.2, -0.15) is 0 Å². The first-order valence-electron chi connectivity index (χ1n) is 12.1. The summed E-state index contributed by atoms with van der Waals surface area (Å²) in [6.45, 7) is 1.84. The molecule has 1 aliphatic rings. The van der Waals surface area contributed by atoms with Crippen LogP contribution in [0, 0.1) is 0 Å². The Bertz CT molecular complexity index is 544. The SMILES string of the molecule is CCCCCCCCCCCCCCCCCC(=O)OC[C@H](O)C1OC(=O)C(O)=C1O. The molecule has 31 heavy (non-hydrogen) atoms. The molecule has 7 heteroatoms. The van der Waals surface area contributed by atoms with E-state index in [2.05, 4.69) is 11.7 Å². The Morgan fingerprint density at radius 1 is 0.871 bits per heavy atom. The smallest absolute Gasteiger partial charge is 0.377 e. The van der Waals surface area contributed by atoms with Gasteiger partial charge in [0.25, 0.3) is 0 Å². The predicted molar refractivity (Wildman–Crippen MR) is 119 cm³/mol. The number of unbranched alkanes of at least 4 members (excludes halogenated alkanes) is 14. The Labute approximate surface area is 186 Å². The van der Waals surface area contributed by atoms with E-state index in [1.54, 1.807) is 0 Å². The Balaban J connectivity index is 1.88. The normalized spacial score (nSPS) is 17.1. The molecule has 0 aromatic rings. The molecule has 1 unspecified atom stereocenters. The highest BCUT2D eigenvalue weighted by Gasteiger charge is 2.39. The first-order valence-corrected chi connectivity index (χ1v) is 12.1. The summed E-state index contributed by atoms with van der Waals surface area (Å²) in [5.74, 6) is -3.21. The van der Waals surface area contributed by atoms with E-state index in [0.717, 1.165) is 19.3 Å². The third kappa shape index (κ3) is 12.0. The number of aliphatic hydroxyl groups is 3. The summed E-state index contributed by atoms with van der Waals surface area (Å²) in [5.41, 5.74) is 0. The number of hydrogen-bond donors (Lipinski definition) is 3. The van der Waals surface area contributed by atoms with Crippen LogP contribution < -0.4 is 0 Å². The van der Waals surface area contributed by atoms with Gasteiger partial charge in [-0.25, -0.2) is 4.79 Å². The molecule has 1 rings (SSSR count). The molecule has 0 radical (unpaired) electrons. The van der Waals surface area contributed by atoms with Crippen LogP contribution in [0.15, 0.2) is 11.5 Å². The number of hydrogen-bond acceptors (Lipinski definition) is 7. The summed E-state index contributed by atoms with van der Waals surface area (Å²) in [4.78, 5) is 22.8. The first-order chi connectivity index (χ1) is 15.0. The molecule has 0 saturated carbocycles. The molecular weight excluding hydrogens is 400 g/mol. The van der Waals surface area contributed by atoms with Crippen LogP contribution in [0.4, 0.5) is 0 Å². The van der Waals surface area contributed by atoms with Crippen molar-refractivity contribution in [1.82, 2.24) is 0 Å². The average Bonchev–Trinajstić information content (AvgIpc) is 3.02. The van der Waals surface area contributed by atoms with Crippen LogP contribution in [-0.2, 0) is 19.1 Å². The number of ether oxygens (including phenoxy) is 2. The molecule has 7 nitrogen and oxygen atoms in total. The minimum Gasteiger partial charge on any atom is -0.505 e. The lowest BCUT2D eigenvalue weighted by Crippen LogP contribution is -2.33. The Hall–Kier alpha value is -1.76. The van der Waals surface area contributed by atoms with Crippen LogP contribution >= 0.6 is 0 Å². The number of esters is 2. The van der Waals surface area contributed by atoms with Crippen molar-refractivity contribution in [3.63, 3.8) is 0 Å². The average molecular weight is 443 g/mol. The molecular formula is C24H42O7. The lowest BCUT2D eigenvalue weighted by atomic mass is 10.0. The summed E-state index contributed by atoms with van der Waals surface area (Å²) in [5, 5.41) is 28.5. The molecule has 3 N–H and O–H groups in total. The first kappa shape index (κ1) is 27.3. The van der Waals surface area contributed by atoms with Gasteiger partial charge in [0.1, 0.15) is 12.7 Å². The van der Waals surface area contributed by atoms with Crippen molar-refractivity contribution in [1.29, 1.82) is 0 Å². The van der Waals surface area contributed by atoms with Gasteiger partial charge in [-0.15, -0.1) is 0 Å². The fourth-order valence-corrected chi connectivity index (χ4v) is 3.71. The van der Waals surface area contributed by atoms with E-state index >= 15 is 0 Å². The lowest BCUT2D eigenvalue weighted by Gasteiger charge is -2.17. The Kier molecular flexibility index (Phi) is 14.8. The third-order valence-corrected chi connectivity index (χ3v) is 5.69. The molecule has 180 valence electrons. The Morgan fingerprint density at radius 2 is 1.32 bits per heavy atom. The summed E-state index contributed by atoms with van der Waals surface area (Å²) in [6, 6.07) is 0. The van der Waals surface area contributed by atoms with Gasteiger partial charge in [0, 0.05) is 6.42 Å². The van der Waals surface area contributed by atoms with Crippen molar-refractivity contribution in [2.45, 2.75) is 122 Å².